The van der Waals surface area contributed by atoms with Crippen LogP contribution in [0.5, 0.6) is 0 Å². The molecule has 1 aromatic rings. The zero-order valence-corrected chi connectivity index (χ0v) is 15.6. The molecule has 0 aromatic carbocycles. The van der Waals surface area contributed by atoms with Gasteiger partial charge in [0.05, 0.1) is 25.5 Å². The number of pyridine rings is 1. The average molecular weight is 351 g/mol. The van der Waals surface area contributed by atoms with Gasteiger partial charge in [-0.05, 0) is 37.2 Å². The van der Waals surface area contributed by atoms with Crippen LogP contribution in [0.3, 0.4) is 0 Å². The van der Waals surface area contributed by atoms with Gasteiger partial charge < -0.3 is 15.0 Å². The predicted octanol–water partition coefficient (Wildman–Crippen LogP) is 2.28. The van der Waals surface area contributed by atoms with Crippen LogP contribution in [-0.4, -0.2) is 65.8 Å². The predicted molar refractivity (Wildman–Crippen MR) is 102 cm³/mol. The van der Waals surface area contributed by atoms with E-state index in [0.29, 0.717) is 0 Å². The summed E-state index contributed by atoms with van der Waals surface area (Å²) < 4.78 is 5.41. The zero-order chi connectivity index (χ0) is 17.0. The van der Waals surface area contributed by atoms with Crippen LogP contribution < -0.4 is 5.32 Å². The number of aromatic nitrogens is 1. The topological polar surface area (TPSA) is 40.6 Å². The molecule has 0 saturated carbocycles. The van der Waals surface area contributed by atoms with Gasteiger partial charge >= 0.3 is 0 Å². The molecule has 1 aromatic heterocycles. The van der Waals surface area contributed by atoms with Crippen LogP contribution in [-0.2, 0) is 11.3 Å². The van der Waals surface area contributed by atoms with Crippen molar-refractivity contribution in [2.75, 3.05) is 45.9 Å². The number of ether oxygens (including phenoxy) is 1. The van der Waals surface area contributed by atoms with Gasteiger partial charge in [-0.1, -0.05) is 19.4 Å². The van der Waals surface area contributed by atoms with Crippen LogP contribution in [0.4, 0.5) is 0 Å². The summed E-state index contributed by atoms with van der Waals surface area (Å²) in [5.41, 5.74) is 1.06. The number of rotatable bonds is 9. The number of thiocarbonyl (C=S) groups is 1. The molecule has 2 heterocycles. The SMILES string of the molecule is CCCCNC(=S)N(CCCN1CCOCC1)Cc1ccccn1. The lowest BCUT2D eigenvalue weighted by Gasteiger charge is -2.29. The molecule has 0 radical (unpaired) electrons. The largest absolute Gasteiger partial charge is 0.379 e. The van der Waals surface area contributed by atoms with E-state index in [1.54, 1.807) is 0 Å². The summed E-state index contributed by atoms with van der Waals surface area (Å²) in [6.45, 7) is 9.74. The molecule has 1 aliphatic rings. The first-order chi connectivity index (χ1) is 11.8. The molecule has 0 atom stereocenters. The molecule has 6 heteroatoms. The molecule has 0 amide bonds. The second-order valence-electron chi connectivity index (χ2n) is 6.14. The molecule has 0 aliphatic carbocycles. The summed E-state index contributed by atoms with van der Waals surface area (Å²) in [5.74, 6) is 0. The fourth-order valence-electron chi connectivity index (χ4n) is 2.73. The molecule has 134 valence electrons. The highest BCUT2D eigenvalue weighted by atomic mass is 32.1. The molecule has 0 unspecified atom stereocenters. The molecule has 2 rings (SSSR count). The van der Waals surface area contributed by atoms with Crippen LogP contribution in [0.15, 0.2) is 24.4 Å². The zero-order valence-electron chi connectivity index (χ0n) is 14.7. The molecule has 1 saturated heterocycles. The van der Waals surface area contributed by atoms with Gasteiger partial charge in [0, 0.05) is 38.9 Å². The summed E-state index contributed by atoms with van der Waals surface area (Å²) in [6.07, 6.45) is 5.26. The van der Waals surface area contributed by atoms with Crippen molar-refractivity contribution in [3.63, 3.8) is 0 Å². The van der Waals surface area contributed by atoms with Gasteiger partial charge in [-0.25, -0.2) is 0 Å². The highest BCUT2D eigenvalue weighted by molar-refractivity contribution is 7.80. The minimum atomic E-state index is 0.766. The number of morpholine rings is 1. The first-order valence-electron chi connectivity index (χ1n) is 9.02. The Hall–Kier alpha value is -1.24. The second kappa shape index (κ2) is 11.3. The maximum absolute atomic E-state index is 5.61. The fraction of sp³-hybridized carbons (Fsp3) is 0.667. The van der Waals surface area contributed by atoms with Gasteiger partial charge in [-0.15, -0.1) is 0 Å². The fourth-order valence-corrected chi connectivity index (χ4v) is 2.99. The average Bonchev–Trinajstić information content (AvgIpc) is 2.63. The van der Waals surface area contributed by atoms with Gasteiger partial charge in [-0.3, -0.25) is 9.88 Å². The third-order valence-corrected chi connectivity index (χ3v) is 4.58. The minimum Gasteiger partial charge on any atom is -0.379 e. The third-order valence-electron chi connectivity index (χ3n) is 4.18. The van der Waals surface area contributed by atoms with Gasteiger partial charge in [-0.2, -0.15) is 0 Å². The van der Waals surface area contributed by atoms with Gasteiger partial charge in [0.1, 0.15) is 0 Å². The van der Waals surface area contributed by atoms with E-state index in [4.69, 9.17) is 17.0 Å². The van der Waals surface area contributed by atoms with Crippen molar-refractivity contribution in [3.8, 4) is 0 Å². The molecule has 24 heavy (non-hydrogen) atoms. The minimum absolute atomic E-state index is 0.766. The van der Waals surface area contributed by atoms with Crippen molar-refractivity contribution in [1.82, 2.24) is 20.1 Å². The Labute approximate surface area is 151 Å². The van der Waals surface area contributed by atoms with E-state index in [1.807, 2.05) is 18.3 Å². The second-order valence-corrected chi connectivity index (χ2v) is 6.52. The van der Waals surface area contributed by atoms with Crippen LogP contribution in [0, 0.1) is 0 Å². The van der Waals surface area contributed by atoms with Crippen LogP contribution >= 0.6 is 12.2 Å². The Morgan fingerprint density at radius 1 is 1.33 bits per heavy atom. The lowest BCUT2D eigenvalue weighted by Crippen LogP contribution is -2.42. The van der Waals surface area contributed by atoms with Crippen molar-refractivity contribution < 1.29 is 4.74 Å². The Bertz CT molecular complexity index is 465. The lowest BCUT2D eigenvalue weighted by molar-refractivity contribution is 0.0367. The summed E-state index contributed by atoms with van der Waals surface area (Å²) in [7, 11) is 0. The van der Waals surface area contributed by atoms with Gasteiger partial charge in [0.15, 0.2) is 5.11 Å². The van der Waals surface area contributed by atoms with E-state index < -0.39 is 0 Å². The van der Waals surface area contributed by atoms with Crippen molar-refractivity contribution in [2.45, 2.75) is 32.7 Å². The monoisotopic (exact) mass is 350 g/mol. The van der Waals surface area contributed by atoms with Crippen LogP contribution in [0.1, 0.15) is 31.9 Å². The summed E-state index contributed by atoms with van der Waals surface area (Å²) in [4.78, 5) is 9.15. The smallest absolute Gasteiger partial charge is 0.169 e. The van der Waals surface area contributed by atoms with E-state index in [-0.39, 0.29) is 0 Å². The lowest BCUT2D eigenvalue weighted by atomic mass is 10.3. The summed E-state index contributed by atoms with van der Waals surface area (Å²) >= 11 is 5.61. The van der Waals surface area contributed by atoms with E-state index >= 15 is 0 Å². The number of nitrogens with zero attached hydrogens (tertiary/aromatic N) is 3. The van der Waals surface area contributed by atoms with Crippen molar-refractivity contribution in [2.24, 2.45) is 0 Å². The number of hydrogen-bond donors (Lipinski definition) is 1. The highest BCUT2D eigenvalue weighted by Gasteiger charge is 2.13. The number of nitrogens with one attached hydrogen (secondary N) is 1. The van der Waals surface area contributed by atoms with E-state index in [0.717, 1.165) is 76.1 Å². The Balaban J connectivity index is 1.82. The normalized spacial score (nSPS) is 15.2. The maximum atomic E-state index is 5.61. The van der Waals surface area contributed by atoms with Crippen molar-refractivity contribution in [1.29, 1.82) is 0 Å². The Morgan fingerprint density at radius 2 is 2.17 bits per heavy atom. The first kappa shape index (κ1) is 19.1. The van der Waals surface area contributed by atoms with Crippen LogP contribution in [0.25, 0.3) is 0 Å². The molecular weight excluding hydrogens is 320 g/mol. The van der Waals surface area contributed by atoms with Crippen molar-refractivity contribution >= 4 is 17.3 Å². The molecule has 1 fully saturated rings. The molecule has 0 spiro atoms. The highest BCUT2D eigenvalue weighted by Crippen LogP contribution is 2.05. The Kier molecular flexibility index (Phi) is 9.02. The maximum Gasteiger partial charge on any atom is 0.169 e. The van der Waals surface area contributed by atoms with Crippen molar-refractivity contribution in [3.05, 3.63) is 30.1 Å². The number of unbranched alkanes of at least 4 members (excludes halogenated alkanes) is 1. The molecule has 0 bridgehead atoms. The molecular formula is C18H30N4OS. The van der Waals surface area contributed by atoms with E-state index in [2.05, 4.69) is 33.1 Å². The van der Waals surface area contributed by atoms with E-state index in [1.165, 1.54) is 6.42 Å². The Morgan fingerprint density at radius 3 is 2.88 bits per heavy atom. The van der Waals surface area contributed by atoms with Crippen LogP contribution in [0.2, 0.25) is 0 Å². The third kappa shape index (κ3) is 7.11. The standard InChI is InChI=1S/C18H30N4OS/c1-2-3-8-20-18(24)22(16-17-7-4-5-9-19-17)11-6-10-21-12-14-23-15-13-21/h4-5,7,9H,2-3,6,8,10-16H2,1H3,(H,20,24). The molecule has 1 aliphatic heterocycles. The molecule has 1 N–H and O–H groups in total. The first-order valence-corrected chi connectivity index (χ1v) is 9.43. The summed E-state index contributed by atoms with van der Waals surface area (Å²) in [6, 6.07) is 6.04. The van der Waals surface area contributed by atoms with Gasteiger partial charge in [0.2, 0.25) is 0 Å². The number of hydrogen-bond acceptors (Lipinski definition) is 4. The molecule has 5 nitrogen and oxygen atoms in total. The summed E-state index contributed by atoms with van der Waals surface area (Å²) in [5, 5.41) is 4.23. The van der Waals surface area contributed by atoms with E-state index in [9.17, 15) is 0 Å². The van der Waals surface area contributed by atoms with Gasteiger partial charge in [0.25, 0.3) is 0 Å². The quantitative estimate of drug-likeness (QED) is 0.544.